The molecular formula is C28H41F3N6O2. The zero-order chi connectivity index (χ0) is 27.3. The molecule has 2 aliphatic heterocycles. The highest BCUT2D eigenvalue weighted by atomic mass is 19.4. The van der Waals surface area contributed by atoms with Gasteiger partial charge in [0, 0.05) is 37.4 Å². The number of halogens is 3. The molecular weight excluding hydrogens is 509 g/mol. The van der Waals surface area contributed by atoms with E-state index in [0.29, 0.717) is 49.0 Å². The van der Waals surface area contributed by atoms with Crippen LogP contribution in [0.4, 0.5) is 13.2 Å². The number of rotatable bonds is 8. The number of fused-ring (bicyclic) bond motifs is 1. The molecule has 4 aliphatic rings. The van der Waals surface area contributed by atoms with Gasteiger partial charge in [0.25, 0.3) is 0 Å². The minimum absolute atomic E-state index is 0.0506. The van der Waals surface area contributed by atoms with Crippen LogP contribution in [-0.4, -0.2) is 65.5 Å². The second-order valence-corrected chi connectivity index (χ2v) is 12.5. The predicted molar refractivity (Wildman–Crippen MR) is 142 cm³/mol. The molecule has 4 heterocycles. The molecule has 2 aliphatic carbocycles. The number of nitrogens with one attached hydrogen (secondary N) is 2. The van der Waals surface area contributed by atoms with Gasteiger partial charge in [-0.05, 0) is 62.7 Å². The SMILES string of the molecule is CN(Cc1cc(C(F)(F)F)c2cn(C3CCCC([C@@H](C4CCC4)C4NNCN4C)C3)c(=O)n2c1)CC1COC1. The lowest BCUT2D eigenvalue weighted by Crippen LogP contribution is -2.50. The monoisotopic (exact) mass is 550 g/mol. The van der Waals surface area contributed by atoms with Gasteiger partial charge in [-0.15, -0.1) is 0 Å². The van der Waals surface area contributed by atoms with Crippen LogP contribution >= 0.6 is 0 Å². The van der Waals surface area contributed by atoms with Crippen molar-refractivity contribution in [2.24, 2.45) is 23.7 Å². The highest BCUT2D eigenvalue weighted by Crippen LogP contribution is 2.47. The third kappa shape index (κ3) is 5.40. The molecule has 39 heavy (non-hydrogen) atoms. The number of imidazole rings is 1. The van der Waals surface area contributed by atoms with Gasteiger partial charge in [-0.3, -0.25) is 13.9 Å². The van der Waals surface area contributed by atoms with Gasteiger partial charge in [0.2, 0.25) is 0 Å². The maximum absolute atomic E-state index is 14.2. The Bertz CT molecular complexity index is 1220. The summed E-state index contributed by atoms with van der Waals surface area (Å²) >= 11 is 0. The summed E-state index contributed by atoms with van der Waals surface area (Å²) in [4.78, 5) is 18.0. The van der Waals surface area contributed by atoms with E-state index in [4.69, 9.17) is 4.74 Å². The summed E-state index contributed by atoms with van der Waals surface area (Å²) in [6, 6.07) is 1.13. The lowest BCUT2D eigenvalue weighted by atomic mass is 9.65. The summed E-state index contributed by atoms with van der Waals surface area (Å²) in [5.74, 6) is 1.94. The first-order valence-corrected chi connectivity index (χ1v) is 14.5. The van der Waals surface area contributed by atoms with Gasteiger partial charge in [0.1, 0.15) is 0 Å². The molecule has 3 unspecified atom stereocenters. The van der Waals surface area contributed by atoms with E-state index >= 15 is 0 Å². The van der Waals surface area contributed by atoms with E-state index in [1.54, 1.807) is 10.8 Å². The molecule has 216 valence electrons. The number of hydrogen-bond acceptors (Lipinski definition) is 6. The molecule has 6 rings (SSSR count). The van der Waals surface area contributed by atoms with Crippen LogP contribution in [0.25, 0.3) is 5.52 Å². The normalized spacial score (nSPS) is 28.2. The molecule has 0 amide bonds. The molecule has 2 aromatic heterocycles. The minimum atomic E-state index is -4.55. The second kappa shape index (κ2) is 10.8. The number of nitrogens with zero attached hydrogens (tertiary/aromatic N) is 4. The second-order valence-electron chi connectivity index (χ2n) is 12.5. The Balaban J connectivity index is 1.29. The fourth-order valence-corrected chi connectivity index (χ4v) is 7.45. The summed E-state index contributed by atoms with van der Waals surface area (Å²) in [5, 5.41) is 0. The molecule has 0 spiro atoms. The number of pyridine rings is 1. The predicted octanol–water partition coefficient (Wildman–Crippen LogP) is 3.67. The molecule has 4 atom stereocenters. The van der Waals surface area contributed by atoms with Crippen molar-refractivity contribution in [3.63, 3.8) is 0 Å². The van der Waals surface area contributed by atoms with E-state index in [0.717, 1.165) is 38.9 Å². The number of aromatic nitrogens is 2. The van der Waals surface area contributed by atoms with E-state index < -0.39 is 11.7 Å². The molecule has 2 saturated carbocycles. The Labute approximate surface area is 227 Å². The van der Waals surface area contributed by atoms with Crippen molar-refractivity contribution in [2.75, 3.05) is 40.5 Å². The van der Waals surface area contributed by atoms with Crippen LogP contribution in [0.15, 0.2) is 23.3 Å². The molecule has 4 fully saturated rings. The molecule has 8 nitrogen and oxygen atoms in total. The first-order valence-electron chi connectivity index (χ1n) is 14.5. The van der Waals surface area contributed by atoms with Crippen molar-refractivity contribution in [1.29, 1.82) is 0 Å². The van der Waals surface area contributed by atoms with Gasteiger partial charge in [-0.25, -0.2) is 15.6 Å². The zero-order valence-corrected chi connectivity index (χ0v) is 22.9. The van der Waals surface area contributed by atoms with E-state index in [9.17, 15) is 18.0 Å². The molecule has 2 N–H and O–H groups in total. The van der Waals surface area contributed by atoms with E-state index in [1.165, 1.54) is 35.9 Å². The molecule has 2 saturated heterocycles. The van der Waals surface area contributed by atoms with Crippen molar-refractivity contribution in [1.82, 2.24) is 29.6 Å². The number of hydrazine groups is 1. The van der Waals surface area contributed by atoms with Gasteiger partial charge < -0.3 is 9.64 Å². The maximum atomic E-state index is 14.2. The summed E-state index contributed by atoms with van der Waals surface area (Å²) in [7, 11) is 4.03. The maximum Gasteiger partial charge on any atom is 0.418 e. The summed E-state index contributed by atoms with van der Waals surface area (Å²) in [6.07, 6.45) is 6.22. The molecule has 2 aromatic rings. The van der Waals surface area contributed by atoms with Crippen molar-refractivity contribution in [3.8, 4) is 0 Å². The van der Waals surface area contributed by atoms with Crippen LogP contribution in [0.2, 0.25) is 0 Å². The van der Waals surface area contributed by atoms with Crippen molar-refractivity contribution >= 4 is 5.52 Å². The summed E-state index contributed by atoms with van der Waals surface area (Å²) in [5.41, 5.74) is 6.08. The molecule has 0 bridgehead atoms. The highest BCUT2D eigenvalue weighted by molar-refractivity contribution is 5.56. The minimum Gasteiger partial charge on any atom is -0.381 e. The standard InChI is InChI=1S/C28H41F3N6O2/c1-34(12-19-15-39-16-19)11-18-9-23(28(29,30)31)24-14-36(27(38)37(24)13-18)22-8-4-7-21(10-22)25(20-5-3-6-20)26-33-32-17-35(26)2/h9,13-14,19-22,25-26,32-33H,3-8,10-12,15-17H2,1-2H3/t21?,22?,25-,26?/m1/s1. The lowest BCUT2D eigenvalue weighted by molar-refractivity contribution is -0.136. The van der Waals surface area contributed by atoms with Crippen LogP contribution in [0.1, 0.15) is 62.1 Å². The molecule has 0 aromatic carbocycles. The Hall–Kier alpha value is -1.92. The Morgan fingerprint density at radius 3 is 2.49 bits per heavy atom. The van der Waals surface area contributed by atoms with Gasteiger partial charge in [0.15, 0.2) is 0 Å². The van der Waals surface area contributed by atoms with Gasteiger partial charge in [0.05, 0.1) is 37.1 Å². The summed E-state index contributed by atoms with van der Waals surface area (Å²) in [6.45, 7) is 3.26. The first kappa shape index (κ1) is 27.3. The Morgan fingerprint density at radius 2 is 1.87 bits per heavy atom. The molecule has 11 heteroatoms. The smallest absolute Gasteiger partial charge is 0.381 e. The van der Waals surface area contributed by atoms with E-state index in [2.05, 4.69) is 22.8 Å². The number of hydrogen-bond donors (Lipinski definition) is 2. The topological polar surface area (TPSA) is 66.2 Å². The van der Waals surface area contributed by atoms with E-state index in [-0.39, 0.29) is 23.4 Å². The van der Waals surface area contributed by atoms with Crippen molar-refractivity contribution in [3.05, 3.63) is 40.1 Å². The highest BCUT2D eigenvalue weighted by Gasteiger charge is 2.44. The van der Waals surface area contributed by atoms with Gasteiger partial charge >= 0.3 is 11.9 Å². The van der Waals surface area contributed by atoms with Crippen LogP contribution in [0, 0.1) is 23.7 Å². The van der Waals surface area contributed by atoms with Crippen LogP contribution in [-0.2, 0) is 17.5 Å². The Kier molecular flexibility index (Phi) is 7.56. The van der Waals surface area contributed by atoms with Gasteiger partial charge in [-0.2, -0.15) is 13.2 Å². The first-order chi connectivity index (χ1) is 18.7. The number of ether oxygens (including phenoxy) is 1. The molecule has 0 radical (unpaired) electrons. The summed E-state index contributed by atoms with van der Waals surface area (Å²) < 4.78 is 50.8. The van der Waals surface area contributed by atoms with Crippen molar-refractivity contribution < 1.29 is 17.9 Å². The average Bonchev–Trinajstić information content (AvgIpc) is 3.40. The van der Waals surface area contributed by atoms with Crippen molar-refractivity contribution in [2.45, 2.75) is 69.9 Å². The zero-order valence-electron chi connectivity index (χ0n) is 22.9. The van der Waals surface area contributed by atoms with Crippen LogP contribution < -0.4 is 16.5 Å². The van der Waals surface area contributed by atoms with E-state index in [1.807, 2.05) is 11.9 Å². The third-order valence-corrected chi connectivity index (χ3v) is 9.62. The van der Waals surface area contributed by atoms with Crippen LogP contribution in [0.5, 0.6) is 0 Å². The van der Waals surface area contributed by atoms with Crippen LogP contribution in [0.3, 0.4) is 0 Å². The Morgan fingerprint density at radius 1 is 1.13 bits per heavy atom. The fraction of sp³-hybridized carbons (Fsp3) is 0.750. The third-order valence-electron chi connectivity index (χ3n) is 9.62. The quantitative estimate of drug-likeness (QED) is 0.523. The fourth-order valence-electron chi connectivity index (χ4n) is 7.45. The average molecular weight is 551 g/mol. The van der Waals surface area contributed by atoms with Gasteiger partial charge in [-0.1, -0.05) is 25.7 Å². The lowest BCUT2D eigenvalue weighted by Gasteiger charge is -2.46. The largest absolute Gasteiger partial charge is 0.418 e. The number of alkyl halides is 3.